The molecule has 16 rings (SSSR count). The summed E-state index contributed by atoms with van der Waals surface area (Å²) in [6.07, 6.45) is 0. The summed E-state index contributed by atoms with van der Waals surface area (Å²) in [6.45, 7) is 0. The predicted molar refractivity (Wildman–Crippen MR) is 327 cm³/mol. The Hall–Kier alpha value is -10.2. The zero-order valence-corrected chi connectivity index (χ0v) is 42.3. The summed E-state index contributed by atoms with van der Waals surface area (Å²) in [5.74, 6) is 0. The predicted octanol–water partition coefficient (Wildman–Crippen LogP) is 20.0. The molecule has 364 valence electrons. The number of fused-ring (bicyclic) bond motifs is 15. The Labute approximate surface area is 459 Å². The van der Waals surface area contributed by atoms with Crippen molar-refractivity contribution in [2.75, 3.05) is 9.80 Å². The molecular weight excluding hydrogens is 943 g/mol. The van der Waals surface area contributed by atoms with E-state index in [2.05, 4.69) is 198 Å². The minimum absolute atomic E-state index is 0.119. The van der Waals surface area contributed by atoms with Crippen molar-refractivity contribution in [2.45, 2.75) is 5.41 Å². The lowest BCUT2D eigenvalue weighted by atomic mass is 9.70. The van der Waals surface area contributed by atoms with E-state index < -0.39 is 5.41 Å². The molecule has 0 aliphatic heterocycles. The molecule has 78 heavy (non-hydrogen) atoms. The highest BCUT2D eigenvalue weighted by atomic mass is 15.2. The fraction of sp³-hybridized carbons (Fsp3) is 0.0133. The van der Waals surface area contributed by atoms with Gasteiger partial charge in [0.25, 0.3) is 0 Å². The van der Waals surface area contributed by atoms with Gasteiger partial charge >= 0.3 is 0 Å². The zero-order valence-electron chi connectivity index (χ0n) is 46.3. The molecule has 2 aliphatic carbocycles. The highest BCUT2D eigenvalue weighted by Gasteiger charge is 2.51. The summed E-state index contributed by atoms with van der Waals surface area (Å²) >= 11 is 0. The SMILES string of the molecule is [2H]c1c([2H])c(N(c2ccccc2)c2cccc3ccccc23)c([2H])c([2H])c1-c1cccc2c(N(c3ccc4c(c3)C3(c5ccccc5-c5ccccc53)c3ccccc3-4)c3ccc4c5ccccc5n(-c5ccccc5)c4c3)cccc12. The van der Waals surface area contributed by atoms with Crippen molar-refractivity contribution in [1.82, 2.24) is 4.57 Å². The van der Waals surface area contributed by atoms with Gasteiger partial charge in [0.1, 0.15) is 0 Å². The van der Waals surface area contributed by atoms with Crippen molar-refractivity contribution in [3.05, 3.63) is 319 Å². The van der Waals surface area contributed by atoms with E-state index in [9.17, 15) is 5.48 Å². The summed E-state index contributed by atoms with van der Waals surface area (Å²) in [5, 5.41) is 5.94. The summed E-state index contributed by atoms with van der Waals surface area (Å²) in [7, 11) is 0. The Kier molecular flexibility index (Phi) is 8.97. The van der Waals surface area contributed by atoms with E-state index >= 15 is 0 Å². The quantitative estimate of drug-likeness (QED) is 0.150. The van der Waals surface area contributed by atoms with E-state index in [0.29, 0.717) is 5.56 Å². The maximum atomic E-state index is 9.97. The van der Waals surface area contributed by atoms with E-state index in [1.165, 1.54) is 49.9 Å². The molecule has 0 unspecified atom stereocenters. The fourth-order valence-corrected chi connectivity index (χ4v) is 13.2. The molecule has 3 nitrogen and oxygen atoms in total. The average Bonchev–Trinajstić information content (AvgIpc) is 2.88. The normalized spacial score (nSPS) is 13.4. The highest BCUT2D eigenvalue weighted by Crippen LogP contribution is 2.63. The largest absolute Gasteiger partial charge is 0.310 e. The first kappa shape index (κ1) is 40.1. The maximum Gasteiger partial charge on any atom is 0.0726 e. The molecule has 0 bridgehead atoms. The molecule has 14 aromatic rings. The Morgan fingerprint density at radius 2 is 0.782 bits per heavy atom. The molecule has 0 radical (unpaired) electrons. The van der Waals surface area contributed by atoms with Crippen LogP contribution in [-0.4, -0.2) is 4.57 Å². The van der Waals surface area contributed by atoms with Crippen LogP contribution in [0.4, 0.5) is 34.1 Å². The molecule has 0 fully saturated rings. The second-order valence-corrected chi connectivity index (χ2v) is 20.4. The van der Waals surface area contributed by atoms with Gasteiger partial charge in [0.05, 0.1) is 33.3 Å². The lowest BCUT2D eigenvalue weighted by Gasteiger charge is -2.32. The van der Waals surface area contributed by atoms with E-state index in [0.717, 1.165) is 72.1 Å². The summed E-state index contributed by atoms with van der Waals surface area (Å²) < 4.78 is 42.1. The van der Waals surface area contributed by atoms with E-state index in [1.807, 2.05) is 89.8 Å². The molecule has 0 N–H and O–H groups in total. The summed E-state index contributed by atoms with van der Waals surface area (Å²) in [5.41, 5.74) is 17.9. The lowest BCUT2D eigenvalue weighted by Crippen LogP contribution is -2.26. The van der Waals surface area contributed by atoms with Crippen LogP contribution in [0.25, 0.3) is 82.4 Å². The smallest absolute Gasteiger partial charge is 0.0726 e. The van der Waals surface area contributed by atoms with Crippen LogP contribution >= 0.6 is 0 Å². The third-order valence-electron chi connectivity index (χ3n) is 16.4. The molecule has 1 spiro atoms. The fourth-order valence-electron chi connectivity index (χ4n) is 13.2. The van der Waals surface area contributed by atoms with Crippen molar-refractivity contribution >= 4 is 77.5 Å². The minimum Gasteiger partial charge on any atom is -0.310 e. The van der Waals surface area contributed by atoms with Crippen LogP contribution in [0.2, 0.25) is 0 Å². The maximum absolute atomic E-state index is 9.97. The van der Waals surface area contributed by atoms with Gasteiger partial charge in [-0.3, -0.25) is 0 Å². The molecule has 2 aliphatic rings. The number of rotatable bonds is 8. The van der Waals surface area contributed by atoms with Crippen molar-refractivity contribution in [3.8, 4) is 39.1 Å². The van der Waals surface area contributed by atoms with Crippen LogP contribution in [-0.2, 0) is 5.41 Å². The van der Waals surface area contributed by atoms with Crippen LogP contribution < -0.4 is 9.80 Å². The molecular formula is C75H49N3. The van der Waals surface area contributed by atoms with E-state index in [-0.39, 0.29) is 35.4 Å². The first-order valence-corrected chi connectivity index (χ1v) is 26.7. The van der Waals surface area contributed by atoms with Gasteiger partial charge in [-0.05, 0) is 145 Å². The first-order chi connectivity index (χ1) is 40.4. The van der Waals surface area contributed by atoms with Crippen LogP contribution in [0.3, 0.4) is 0 Å². The number of aromatic nitrogens is 1. The molecule has 0 amide bonds. The monoisotopic (exact) mass is 995 g/mol. The van der Waals surface area contributed by atoms with Crippen LogP contribution in [0.15, 0.2) is 297 Å². The second kappa shape index (κ2) is 17.4. The number of hydrogen-bond acceptors (Lipinski definition) is 2. The second-order valence-electron chi connectivity index (χ2n) is 20.4. The lowest BCUT2D eigenvalue weighted by molar-refractivity contribution is 0.793. The summed E-state index contributed by atoms with van der Waals surface area (Å²) in [4.78, 5) is 4.25. The molecule has 3 heteroatoms. The third kappa shape index (κ3) is 6.46. The number of para-hydroxylation sites is 3. The number of nitrogens with zero attached hydrogens (tertiary/aromatic N) is 3. The van der Waals surface area contributed by atoms with Crippen LogP contribution in [0.5, 0.6) is 0 Å². The third-order valence-corrected chi connectivity index (χ3v) is 16.4. The van der Waals surface area contributed by atoms with Gasteiger partial charge in [-0.25, -0.2) is 0 Å². The van der Waals surface area contributed by atoms with Crippen molar-refractivity contribution < 1.29 is 5.48 Å². The minimum atomic E-state index is -0.580. The van der Waals surface area contributed by atoms with Gasteiger partial charge in [0.2, 0.25) is 0 Å². The molecule has 0 atom stereocenters. The van der Waals surface area contributed by atoms with Gasteiger partial charge in [-0.15, -0.1) is 0 Å². The zero-order chi connectivity index (χ0) is 54.8. The Morgan fingerprint density at radius 1 is 0.295 bits per heavy atom. The van der Waals surface area contributed by atoms with Gasteiger partial charge in [-0.1, -0.05) is 218 Å². The number of hydrogen-bond donors (Lipinski definition) is 0. The first-order valence-electron chi connectivity index (χ1n) is 28.7. The van der Waals surface area contributed by atoms with Gasteiger partial charge in [0, 0.05) is 50.0 Å². The van der Waals surface area contributed by atoms with Crippen molar-refractivity contribution in [2.24, 2.45) is 0 Å². The van der Waals surface area contributed by atoms with Crippen molar-refractivity contribution in [3.63, 3.8) is 0 Å². The Morgan fingerprint density at radius 3 is 1.51 bits per heavy atom. The Bertz CT molecular complexity index is 4850. The van der Waals surface area contributed by atoms with Gasteiger partial charge in [0.15, 0.2) is 0 Å². The topological polar surface area (TPSA) is 11.4 Å². The Balaban J connectivity index is 0.940. The number of anilines is 6. The van der Waals surface area contributed by atoms with Crippen LogP contribution in [0.1, 0.15) is 27.7 Å². The molecule has 1 heterocycles. The number of benzene rings is 13. The average molecular weight is 996 g/mol. The standard InChI is InChI=1S/C75H49N3/c1-3-22-52(23-4-1)76(71-38-17-21-50-20-7-8-26-58(50)71)54-42-40-51(41-43-54)57-31-18-33-64-59(57)32-19-39-72(64)77(56-45-47-66-65-30-12-16-37-73(65)78(74(66)49-56)53-24-5-2-6-25-53)55-44-46-63-62-29-11-15-36-69(62)75(70(63)48-55)67-34-13-9-27-60(67)61-28-10-14-35-68(61)75/h1-49H/i40D,41D,42D,43D. The summed E-state index contributed by atoms with van der Waals surface area (Å²) in [6, 6.07) is 95.3. The van der Waals surface area contributed by atoms with Crippen LogP contribution in [0, 0.1) is 0 Å². The molecule has 1 aromatic heterocycles. The van der Waals surface area contributed by atoms with Gasteiger partial charge < -0.3 is 14.4 Å². The highest BCUT2D eigenvalue weighted by molar-refractivity contribution is 6.12. The van der Waals surface area contributed by atoms with Crippen molar-refractivity contribution in [1.29, 1.82) is 0 Å². The van der Waals surface area contributed by atoms with Gasteiger partial charge in [-0.2, -0.15) is 0 Å². The van der Waals surface area contributed by atoms with E-state index in [4.69, 9.17) is 0 Å². The molecule has 0 saturated heterocycles. The molecule has 0 saturated carbocycles. The van der Waals surface area contributed by atoms with E-state index in [1.54, 1.807) is 0 Å². The molecule has 13 aromatic carbocycles.